The number of aromatic nitrogens is 2. The van der Waals surface area contributed by atoms with Crippen LogP contribution in [-0.4, -0.2) is 66.3 Å². The van der Waals surface area contributed by atoms with Crippen LogP contribution in [0.3, 0.4) is 0 Å². The Morgan fingerprint density at radius 2 is 2.15 bits per heavy atom. The normalized spacial score (nSPS) is 28.5. The van der Waals surface area contributed by atoms with Crippen LogP contribution in [0.4, 0.5) is 5.82 Å². The van der Waals surface area contributed by atoms with Gasteiger partial charge in [-0.15, -0.1) is 0 Å². The van der Waals surface area contributed by atoms with E-state index in [1.54, 1.807) is 28.8 Å². The first-order valence-electron chi connectivity index (χ1n) is 9.07. The third kappa shape index (κ3) is 3.78. The van der Waals surface area contributed by atoms with Crippen molar-refractivity contribution in [2.45, 2.75) is 58.3 Å². The Labute approximate surface area is 154 Å². The summed E-state index contributed by atoms with van der Waals surface area (Å²) in [6.07, 6.45) is 2.70. The zero-order valence-electron chi connectivity index (χ0n) is 15.5. The summed E-state index contributed by atoms with van der Waals surface area (Å²) in [5.74, 6) is 0.471. The number of rotatable bonds is 5. The number of hydrogen-bond acceptors (Lipinski definition) is 5. The van der Waals surface area contributed by atoms with E-state index in [9.17, 15) is 13.2 Å². The number of carbonyl (C=O) groups is 1. The van der Waals surface area contributed by atoms with E-state index in [2.05, 4.69) is 9.82 Å². The fraction of sp³-hybridized carbons (Fsp3) is 0.750. The first kappa shape index (κ1) is 19.3. The summed E-state index contributed by atoms with van der Waals surface area (Å²) >= 11 is 0. The molecule has 2 fully saturated rings. The highest BCUT2D eigenvalue weighted by atomic mass is 32.2. The summed E-state index contributed by atoms with van der Waals surface area (Å²) in [6, 6.07) is 0.753. The second kappa shape index (κ2) is 7.63. The number of aryl methyl sites for hydroxylation is 1. The van der Waals surface area contributed by atoms with Gasteiger partial charge >= 0.3 is 0 Å². The second-order valence-electron chi connectivity index (χ2n) is 6.88. The van der Waals surface area contributed by atoms with Gasteiger partial charge in [0, 0.05) is 31.7 Å². The van der Waals surface area contributed by atoms with Crippen LogP contribution in [0.2, 0.25) is 0 Å². The van der Waals surface area contributed by atoms with Crippen molar-refractivity contribution in [3.63, 3.8) is 0 Å². The smallest absolute Gasteiger partial charge is 0.280 e. The van der Waals surface area contributed by atoms with Crippen molar-refractivity contribution in [2.75, 3.05) is 24.6 Å². The molecule has 26 heavy (non-hydrogen) atoms. The number of ether oxygens (including phenoxy) is 1. The van der Waals surface area contributed by atoms with Crippen LogP contribution >= 0.6 is 0 Å². The summed E-state index contributed by atoms with van der Waals surface area (Å²) < 4.78 is 36.9. The molecule has 2 aliphatic rings. The van der Waals surface area contributed by atoms with Gasteiger partial charge in [-0.2, -0.15) is 22.5 Å². The first-order chi connectivity index (χ1) is 12.3. The Balaban J connectivity index is 1.75. The zero-order chi connectivity index (χ0) is 18.9. The van der Waals surface area contributed by atoms with Crippen molar-refractivity contribution >= 4 is 21.9 Å². The van der Waals surface area contributed by atoms with E-state index in [-0.39, 0.29) is 24.6 Å². The lowest BCUT2D eigenvalue weighted by Crippen LogP contribution is -2.59. The minimum Gasteiger partial charge on any atom is -0.375 e. The highest BCUT2D eigenvalue weighted by Gasteiger charge is 2.38. The number of nitrogens with zero attached hydrogens (tertiary/aromatic N) is 4. The van der Waals surface area contributed by atoms with Gasteiger partial charge in [0.1, 0.15) is 11.9 Å². The summed E-state index contributed by atoms with van der Waals surface area (Å²) in [7, 11) is -3.77. The molecule has 1 aromatic rings. The van der Waals surface area contributed by atoms with E-state index in [1.165, 1.54) is 4.31 Å². The lowest BCUT2D eigenvalue weighted by Gasteiger charge is -2.38. The molecule has 3 atom stereocenters. The SMILES string of the molecule is CCn1nccc1N1CCC[C@H](NS(=O)(=O)N2C[C@@H](C)OC[C@H]2C)C1=O. The zero-order valence-corrected chi connectivity index (χ0v) is 16.3. The van der Waals surface area contributed by atoms with Crippen LogP contribution in [0.1, 0.15) is 33.6 Å². The van der Waals surface area contributed by atoms with Gasteiger partial charge in [0.05, 0.1) is 18.9 Å². The number of nitrogens with one attached hydrogen (secondary N) is 1. The standard InChI is InChI=1S/C16H27N5O4S/c1-4-20-15(7-8-17-20)19-9-5-6-14(16(19)22)18-26(23,24)21-10-13(3)25-11-12(21)2/h7-8,12-14,18H,4-6,9-11H2,1-3H3/t12-,13-,14+/m1/s1. The molecule has 0 spiro atoms. The van der Waals surface area contributed by atoms with Crippen molar-refractivity contribution in [1.82, 2.24) is 18.8 Å². The average Bonchev–Trinajstić information content (AvgIpc) is 3.07. The van der Waals surface area contributed by atoms with Crippen molar-refractivity contribution < 1.29 is 17.9 Å². The molecular weight excluding hydrogens is 358 g/mol. The predicted octanol–water partition coefficient (Wildman–Crippen LogP) is 0.342. The quantitative estimate of drug-likeness (QED) is 0.788. The Kier molecular flexibility index (Phi) is 5.66. The highest BCUT2D eigenvalue weighted by Crippen LogP contribution is 2.22. The number of morpholine rings is 1. The molecule has 146 valence electrons. The summed E-state index contributed by atoms with van der Waals surface area (Å²) in [5.41, 5.74) is 0. The van der Waals surface area contributed by atoms with Crippen LogP contribution < -0.4 is 9.62 Å². The molecular formula is C16H27N5O4S. The lowest BCUT2D eigenvalue weighted by atomic mass is 10.1. The fourth-order valence-electron chi connectivity index (χ4n) is 3.47. The van der Waals surface area contributed by atoms with E-state index >= 15 is 0 Å². The molecule has 2 aliphatic heterocycles. The molecule has 10 heteroatoms. The summed E-state index contributed by atoms with van der Waals surface area (Å²) in [6.45, 7) is 7.44. The molecule has 1 aromatic heterocycles. The highest BCUT2D eigenvalue weighted by molar-refractivity contribution is 7.87. The lowest BCUT2D eigenvalue weighted by molar-refractivity contribution is -0.121. The van der Waals surface area contributed by atoms with Crippen LogP contribution in [0.15, 0.2) is 12.3 Å². The molecule has 1 amide bonds. The van der Waals surface area contributed by atoms with Crippen molar-refractivity contribution in [1.29, 1.82) is 0 Å². The summed E-state index contributed by atoms with van der Waals surface area (Å²) in [4.78, 5) is 14.5. The molecule has 0 aromatic carbocycles. The van der Waals surface area contributed by atoms with Gasteiger partial charge in [0.2, 0.25) is 5.91 Å². The monoisotopic (exact) mass is 385 g/mol. The molecule has 3 heterocycles. The maximum Gasteiger partial charge on any atom is 0.280 e. The molecule has 9 nitrogen and oxygen atoms in total. The van der Waals surface area contributed by atoms with E-state index in [1.807, 2.05) is 13.8 Å². The molecule has 0 unspecified atom stereocenters. The van der Waals surface area contributed by atoms with Crippen LogP contribution in [0, 0.1) is 0 Å². The van der Waals surface area contributed by atoms with E-state index < -0.39 is 16.3 Å². The summed E-state index contributed by atoms with van der Waals surface area (Å²) in [5, 5.41) is 4.20. The molecule has 0 aliphatic carbocycles. The number of piperidine rings is 1. The van der Waals surface area contributed by atoms with Gasteiger partial charge in [0.15, 0.2) is 0 Å². The predicted molar refractivity (Wildman–Crippen MR) is 96.9 cm³/mol. The molecule has 0 radical (unpaired) electrons. The number of amides is 1. The fourth-order valence-corrected chi connectivity index (χ4v) is 5.12. The van der Waals surface area contributed by atoms with Gasteiger partial charge in [-0.05, 0) is 33.6 Å². The molecule has 1 N–H and O–H groups in total. The third-order valence-electron chi connectivity index (χ3n) is 4.86. The number of carbonyl (C=O) groups excluding carboxylic acids is 1. The van der Waals surface area contributed by atoms with E-state index in [0.717, 1.165) is 6.42 Å². The van der Waals surface area contributed by atoms with Gasteiger partial charge in [0.25, 0.3) is 10.2 Å². The Bertz CT molecular complexity index is 750. The van der Waals surface area contributed by atoms with Crippen LogP contribution in [-0.2, 0) is 26.3 Å². The maximum atomic E-state index is 12.9. The van der Waals surface area contributed by atoms with Gasteiger partial charge in [-0.1, -0.05) is 0 Å². The van der Waals surface area contributed by atoms with Crippen molar-refractivity contribution in [2.24, 2.45) is 0 Å². The third-order valence-corrected chi connectivity index (χ3v) is 6.57. The van der Waals surface area contributed by atoms with E-state index in [4.69, 9.17) is 4.74 Å². The van der Waals surface area contributed by atoms with Gasteiger partial charge in [-0.25, -0.2) is 4.68 Å². The first-order valence-corrected chi connectivity index (χ1v) is 10.5. The van der Waals surface area contributed by atoms with Gasteiger partial charge < -0.3 is 4.74 Å². The largest absolute Gasteiger partial charge is 0.375 e. The molecule has 0 saturated carbocycles. The molecule has 3 rings (SSSR count). The number of anilines is 1. The van der Waals surface area contributed by atoms with Crippen LogP contribution in [0.5, 0.6) is 0 Å². The molecule has 2 saturated heterocycles. The Hall–Kier alpha value is -1.49. The Morgan fingerprint density at radius 1 is 1.38 bits per heavy atom. The topological polar surface area (TPSA) is 96.8 Å². The maximum absolute atomic E-state index is 12.9. The Morgan fingerprint density at radius 3 is 2.88 bits per heavy atom. The minimum absolute atomic E-state index is 0.166. The van der Waals surface area contributed by atoms with Crippen molar-refractivity contribution in [3.8, 4) is 0 Å². The minimum atomic E-state index is -3.77. The van der Waals surface area contributed by atoms with Gasteiger partial charge in [-0.3, -0.25) is 9.69 Å². The van der Waals surface area contributed by atoms with Crippen LogP contribution in [0.25, 0.3) is 0 Å². The van der Waals surface area contributed by atoms with E-state index in [0.29, 0.717) is 31.9 Å². The van der Waals surface area contributed by atoms with Crippen molar-refractivity contribution in [3.05, 3.63) is 12.3 Å². The molecule has 0 bridgehead atoms. The average molecular weight is 385 g/mol. The number of hydrogen-bond donors (Lipinski definition) is 1. The second-order valence-corrected chi connectivity index (χ2v) is 8.53.